The second-order valence-electron chi connectivity index (χ2n) is 10.4. The Bertz CT molecular complexity index is 979. The first-order valence-corrected chi connectivity index (χ1v) is 12.3. The molecule has 0 bridgehead atoms. The first-order chi connectivity index (χ1) is 14.6. The van der Waals surface area contributed by atoms with Crippen molar-refractivity contribution in [3.8, 4) is 0 Å². The third-order valence-electron chi connectivity index (χ3n) is 8.14. The number of nitrogens with zero attached hydrogens (tertiary/aromatic N) is 3. The molecule has 4 rings (SSSR count). The summed E-state index contributed by atoms with van der Waals surface area (Å²) in [6.07, 6.45) is 12.6. The van der Waals surface area contributed by atoms with Gasteiger partial charge in [0, 0.05) is 17.8 Å². The quantitative estimate of drug-likeness (QED) is 0.350. The number of rotatable bonds is 6. The number of thiazole rings is 1. The zero-order chi connectivity index (χ0) is 22.4. The normalized spacial score (nSPS) is 33.3. The predicted molar refractivity (Wildman–Crippen MR) is 130 cm³/mol. The number of nitrogens with two attached hydrogens (primary N) is 1. The smallest absolute Gasteiger partial charge is 0.215 e. The van der Waals surface area contributed by atoms with Gasteiger partial charge in [0.05, 0.1) is 11.4 Å². The molecule has 6 heteroatoms. The first kappa shape index (κ1) is 22.4. The van der Waals surface area contributed by atoms with Crippen LogP contribution in [-0.4, -0.2) is 28.3 Å². The summed E-state index contributed by atoms with van der Waals surface area (Å²) in [5.74, 6) is 0.914. The SMILES string of the molecule is CC(=C/CN=C(N)/N=C(\C)C1CCC2(C)CC12C)/C=C(\C)c1cnc(C2(O)CCC2)s1. The Morgan fingerprint density at radius 1 is 1.29 bits per heavy atom. The average Bonchev–Trinajstić information content (AvgIpc) is 3.02. The average molecular weight is 441 g/mol. The summed E-state index contributed by atoms with van der Waals surface area (Å²) in [5, 5.41) is 11.3. The fraction of sp³-hybridized carbons (Fsp3) is 0.640. The van der Waals surface area contributed by atoms with Crippen molar-refractivity contribution in [1.29, 1.82) is 0 Å². The summed E-state index contributed by atoms with van der Waals surface area (Å²) in [6, 6.07) is 0. The van der Waals surface area contributed by atoms with Gasteiger partial charge < -0.3 is 10.8 Å². The van der Waals surface area contributed by atoms with E-state index in [0.717, 1.165) is 46.0 Å². The highest BCUT2D eigenvalue weighted by Crippen LogP contribution is 2.75. The Hall–Kier alpha value is -1.79. The van der Waals surface area contributed by atoms with Gasteiger partial charge in [-0.1, -0.05) is 31.6 Å². The van der Waals surface area contributed by atoms with Crippen LogP contribution in [0.4, 0.5) is 0 Å². The Labute approximate surface area is 190 Å². The molecule has 0 aromatic carbocycles. The first-order valence-electron chi connectivity index (χ1n) is 11.5. The summed E-state index contributed by atoms with van der Waals surface area (Å²) in [4.78, 5) is 14.6. The van der Waals surface area contributed by atoms with Crippen molar-refractivity contribution in [1.82, 2.24) is 4.98 Å². The molecule has 5 nitrogen and oxygen atoms in total. The molecule has 3 saturated carbocycles. The molecule has 1 aromatic rings. The van der Waals surface area contributed by atoms with Crippen molar-refractivity contribution >= 4 is 28.6 Å². The molecule has 3 N–H and O–H groups in total. The molecule has 3 aliphatic rings. The molecule has 1 aromatic heterocycles. The van der Waals surface area contributed by atoms with E-state index in [1.54, 1.807) is 11.3 Å². The van der Waals surface area contributed by atoms with Gasteiger partial charge in [0.2, 0.25) is 5.96 Å². The van der Waals surface area contributed by atoms with Crippen LogP contribution in [0, 0.1) is 16.7 Å². The molecule has 3 unspecified atom stereocenters. The van der Waals surface area contributed by atoms with Crippen molar-refractivity contribution in [3.05, 3.63) is 33.8 Å². The topological polar surface area (TPSA) is 83.9 Å². The minimum Gasteiger partial charge on any atom is -0.383 e. The van der Waals surface area contributed by atoms with E-state index in [2.05, 4.69) is 61.7 Å². The van der Waals surface area contributed by atoms with E-state index >= 15 is 0 Å². The van der Waals surface area contributed by atoms with Gasteiger partial charge in [0.1, 0.15) is 10.6 Å². The number of guanidine groups is 1. The maximum atomic E-state index is 10.5. The van der Waals surface area contributed by atoms with Crippen LogP contribution in [0.25, 0.3) is 5.57 Å². The fourth-order valence-corrected chi connectivity index (χ4v) is 6.61. The molecule has 0 radical (unpaired) electrons. The molecule has 0 aliphatic heterocycles. The van der Waals surface area contributed by atoms with E-state index in [1.165, 1.54) is 19.3 Å². The van der Waals surface area contributed by atoms with Crippen molar-refractivity contribution in [2.45, 2.75) is 78.7 Å². The van der Waals surface area contributed by atoms with Crippen LogP contribution < -0.4 is 5.73 Å². The zero-order valence-corrected chi connectivity index (χ0v) is 20.4. The van der Waals surface area contributed by atoms with E-state index in [-0.39, 0.29) is 0 Å². The Balaban J connectivity index is 1.35. The van der Waals surface area contributed by atoms with E-state index < -0.39 is 5.60 Å². The second kappa shape index (κ2) is 7.96. The summed E-state index contributed by atoms with van der Waals surface area (Å²) in [6.45, 7) is 11.6. The minimum atomic E-state index is -0.687. The lowest BCUT2D eigenvalue weighted by atomic mass is 9.81. The van der Waals surface area contributed by atoms with Gasteiger partial charge in [-0.3, -0.25) is 0 Å². The van der Waals surface area contributed by atoms with Crippen LogP contribution >= 0.6 is 11.3 Å². The van der Waals surface area contributed by atoms with E-state index in [4.69, 9.17) is 5.73 Å². The third kappa shape index (κ3) is 4.17. The summed E-state index contributed by atoms with van der Waals surface area (Å²) in [7, 11) is 0. The highest BCUT2D eigenvalue weighted by atomic mass is 32.1. The van der Waals surface area contributed by atoms with E-state index in [1.807, 2.05) is 6.20 Å². The van der Waals surface area contributed by atoms with Crippen LogP contribution in [0.15, 0.2) is 33.9 Å². The maximum absolute atomic E-state index is 10.5. The largest absolute Gasteiger partial charge is 0.383 e. The van der Waals surface area contributed by atoms with Gasteiger partial charge in [0.15, 0.2) is 0 Å². The number of aromatic nitrogens is 1. The van der Waals surface area contributed by atoms with Crippen LogP contribution in [0.3, 0.4) is 0 Å². The van der Waals surface area contributed by atoms with E-state index in [9.17, 15) is 5.11 Å². The summed E-state index contributed by atoms with van der Waals surface area (Å²) in [5.41, 5.74) is 9.75. The van der Waals surface area contributed by atoms with Crippen molar-refractivity contribution in [2.24, 2.45) is 32.5 Å². The van der Waals surface area contributed by atoms with Crippen molar-refractivity contribution in [3.63, 3.8) is 0 Å². The van der Waals surface area contributed by atoms with Crippen molar-refractivity contribution < 1.29 is 5.11 Å². The predicted octanol–water partition coefficient (Wildman–Crippen LogP) is 5.47. The number of hydrogen-bond donors (Lipinski definition) is 2. The molecule has 1 heterocycles. The van der Waals surface area contributed by atoms with Gasteiger partial charge in [-0.25, -0.2) is 15.0 Å². The number of fused-ring (bicyclic) bond motifs is 1. The molecule has 0 amide bonds. The van der Waals surface area contributed by atoms with Crippen LogP contribution in [0.5, 0.6) is 0 Å². The van der Waals surface area contributed by atoms with Gasteiger partial charge in [-0.2, -0.15) is 0 Å². The van der Waals surface area contributed by atoms with Gasteiger partial charge >= 0.3 is 0 Å². The molecule has 0 saturated heterocycles. The molecule has 3 atom stereocenters. The lowest BCUT2D eigenvalue weighted by Gasteiger charge is -2.34. The highest BCUT2D eigenvalue weighted by Gasteiger charge is 2.68. The Morgan fingerprint density at radius 2 is 2.03 bits per heavy atom. The lowest BCUT2D eigenvalue weighted by molar-refractivity contribution is -0.0389. The molecule has 0 spiro atoms. The monoisotopic (exact) mass is 440 g/mol. The number of allylic oxidation sites excluding steroid dienone is 3. The van der Waals surface area contributed by atoms with Crippen LogP contribution in [-0.2, 0) is 5.60 Å². The summed E-state index contributed by atoms with van der Waals surface area (Å²) >= 11 is 1.59. The van der Waals surface area contributed by atoms with Crippen molar-refractivity contribution in [2.75, 3.05) is 6.54 Å². The molecule has 31 heavy (non-hydrogen) atoms. The van der Waals surface area contributed by atoms with E-state index in [0.29, 0.717) is 29.3 Å². The lowest BCUT2D eigenvalue weighted by Crippen LogP contribution is -2.33. The molecular formula is C25H36N4OS. The molecule has 3 fully saturated rings. The third-order valence-corrected chi connectivity index (χ3v) is 9.47. The Morgan fingerprint density at radius 3 is 2.61 bits per heavy atom. The van der Waals surface area contributed by atoms with Gasteiger partial charge in [0.25, 0.3) is 0 Å². The van der Waals surface area contributed by atoms with Crippen LogP contribution in [0.2, 0.25) is 0 Å². The minimum absolute atomic E-state index is 0.376. The van der Waals surface area contributed by atoms with Gasteiger partial charge in [-0.05, 0) is 75.7 Å². The standard InChI is InChI=1S/C25H36N4OS/c1-16(13-17(2)20-14-28-21(31-20)25(30)9-6-10-25)8-12-27-22(26)29-18(3)19-7-11-23(4)15-24(19,23)5/h8,13-14,19,30H,6-7,9-12,15H2,1-5H3,(H2,26,27)/b16-8-,17-13+,29-18+. The van der Waals surface area contributed by atoms with Crippen LogP contribution in [0.1, 0.15) is 83.0 Å². The second-order valence-corrected chi connectivity index (χ2v) is 11.4. The number of aliphatic imine (C=N–C) groups is 2. The zero-order valence-electron chi connectivity index (χ0n) is 19.5. The molecule has 3 aliphatic carbocycles. The highest BCUT2D eigenvalue weighted by molar-refractivity contribution is 7.12. The molecule has 168 valence electrons. The molecular weight excluding hydrogens is 404 g/mol. The summed E-state index contributed by atoms with van der Waals surface area (Å²) < 4.78 is 0. The fourth-order valence-electron chi connectivity index (χ4n) is 5.58. The number of hydrogen-bond acceptors (Lipinski definition) is 4. The van der Waals surface area contributed by atoms with Gasteiger partial charge in [-0.15, -0.1) is 11.3 Å². The number of aliphatic hydroxyl groups is 1. The Kier molecular flexibility index (Phi) is 5.76. The maximum Gasteiger partial charge on any atom is 0.215 e.